The van der Waals surface area contributed by atoms with Gasteiger partial charge in [-0.3, -0.25) is 4.79 Å². The summed E-state index contributed by atoms with van der Waals surface area (Å²) in [7, 11) is 1.30. The fourth-order valence-electron chi connectivity index (χ4n) is 1.11. The summed E-state index contributed by atoms with van der Waals surface area (Å²) in [6.45, 7) is 0.389. The highest BCUT2D eigenvalue weighted by atomic mass is 19.1. The van der Waals surface area contributed by atoms with E-state index in [9.17, 15) is 9.18 Å². The number of hydrogen-bond donors (Lipinski definition) is 0. The number of carbonyl (C=O) groups is 1. The quantitative estimate of drug-likeness (QED) is 0.528. The summed E-state index contributed by atoms with van der Waals surface area (Å²) in [4.78, 5) is 10.8. The van der Waals surface area contributed by atoms with E-state index in [0.29, 0.717) is 0 Å². The molecule has 64 valence electrons. The molecule has 0 aromatic rings. The predicted molar refractivity (Wildman–Crippen MR) is 35.8 cm³/mol. The fraction of sp³-hybridized carbons (Fsp3) is 0.857. The van der Waals surface area contributed by atoms with Crippen molar-refractivity contribution in [1.82, 2.24) is 0 Å². The average molecular weight is 162 g/mol. The lowest BCUT2D eigenvalue weighted by atomic mass is 10.0. The van der Waals surface area contributed by atoms with E-state index >= 15 is 0 Å². The van der Waals surface area contributed by atoms with Crippen LogP contribution in [0.25, 0.3) is 0 Å². The molecular weight excluding hydrogens is 151 g/mol. The Morgan fingerprint density at radius 3 is 2.91 bits per heavy atom. The van der Waals surface area contributed by atoms with Crippen molar-refractivity contribution < 1.29 is 18.7 Å². The van der Waals surface area contributed by atoms with Crippen molar-refractivity contribution in [2.75, 3.05) is 20.3 Å². The zero-order valence-electron chi connectivity index (χ0n) is 6.38. The van der Waals surface area contributed by atoms with Crippen LogP contribution in [-0.4, -0.2) is 32.5 Å². The smallest absolute Gasteiger partial charge is 0.311 e. The second-order valence-electron chi connectivity index (χ2n) is 2.59. The minimum atomic E-state index is -1.02. The molecule has 0 N–H and O–H groups in total. The number of carbonyl (C=O) groups excluding carboxylic acids is 1. The molecule has 0 aromatic heterocycles. The van der Waals surface area contributed by atoms with Gasteiger partial charge in [-0.05, 0) is 6.42 Å². The Kier molecular flexibility index (Phi) is 2.82. The van der Waals surface area contributed by atoms with Gasteiger partial charge in [-0.25, -0.2) is 4.39 Å². The van der Waals surface area contributed by atoms with Crippen molar-refractivity contribution >= 4 is 5.97 Å². The van der Waals surface area contributed by atoms with Crippen LogP contribution in [0.4, 0.5) is 4.39 Å². The number of ether oxygens (including phenoxy) is 2. The molecule has 1 aliphatic rings. The Morgan fingerprint density at radius 1 is 1.64 bits per heavy atom. The number of esters is 1. The first kappa shape index (κ1) is 8.46. The molecule has 1 rings (SSSR count). The van der Waals surface area contributed by atoms with Gasteiger partial charge in [0.2, 0.25) is 0 Å². The molecule has 0 aliphatic carbocycles. The highest BCUT2D eigenvalue weighted by molar-refractivity contribution is 5.72. The minimum absolute atomic E-state index is 0.105. The Morgan fingerprint density at radius 2 is 2.36 bits per heavy atom. The van der Waals surface area contributed by atoms with Crippen molar-refractivity contribution in [1.29, 1.82) is 0 Å². The molecule has 0 spiro atoms. The second kappa shape index (κ2) is 3.67. The summed E-state index contributed by atoms with van der Waals surface area (Å²) >= 11 is 0. The fourth-order valence-corrected chi connectivity index (χ4v) is 1.11. The molecule has 1 saturated heterocycles. The van der Waals surface area contributed by atoms with Crippen molar-refractivity contribution in [3.8, 4) is 0 Å². The summed E-state index contributed by atoms with van der Waals surface area (Å²) in [5.41, 5.74) is 0. The van der Waals surface area contributed by atoms with Gasteiger partial charge in [-0.15, -0.1) is 0 Å². The SMILES string of the molecule is COC(=O)C1COCC(F)C1. The van der Waals surface area contributed by atoms with Crippen molar-refractivity contribution in [2.24, 2.45) is 5.92 Å². The third-order valence-electron chi connectivity index (χ3n) is 1.69. The molecule has 0 bridgehead atoms. The van der Waals surface area contributed by atoms with E-state index in [4.69, 9.17) is 4.74 Å². The van der Waals surface area contributed by atoms with Crippen LogP contribution in [-0.2, 0) is 14.3 Å². The average Bonchev–Trinajstić information content (AvgIpc) is 2.03. The summed E-state index contributed by atoms with van der Waals surface area (Å²) in [6.07, 6.45) is -0.792. The lowest BCUT2D eigenvalue weighted by molar-refractivity contribution is -0.151. The van der Waals surface area contributed by atoms with Gasteiger partial charge in [0.25, 0.3) is 0 Å². The maximum atomic E-state index is 12.6. The summed E-state index contributed by atoms with van der Waals surface area (Å²) in [5, 5.41) is 0. The second-order valence-corrected chi connectivity index (χ2v) is 2.59. The first-order chi connectivity index (χ1) is 5.24. The summed E-state index contributed by atoms with van der Waals surface area (Å²) < 4.78 is 21.9. The predicted octanol–water partition coefficient (Wildman–Crippen LogP) is 0.534. The van der Waals surface area contributed by atoms with Crippen LogP contribution in [0.5, 0.6) is 0 Å². The van der Waals surface area contributed by atoms with E-state index in [1.54, 1.807) is 0 Å². The molecule has 1 heterocycles. The minimum Gasteiger partial charge on any atom is -0.469 e. The third kappa shape index (κ3) is 2.15. The van der Waals surface area contributed by atoms with E-state index < -0.39 is 12.1 Å². The molecule has 0 amide bonds. The standard InChI is InChI=1S/C7H11FO3/c1-10-7(9)5-2-6(8)4-11-3-5/h5-6H,2-4H2,1H3. The monoisotopic (exact) mass is 162 g/mol. The third-order valence-corrected chi connectivity index (χ3v) is 1.69. The Bertz CT molecular complexity index is 149. The first-order valence-corrected chi connectivity index (χ1v) is 3.53. The molecular formula is C7H11FO3. The van der Waals surface area contributed by atoms with Gasteiger partial charge in [0, 0.05) is 0 Å². The van der Waals surface area contributed by atoms with Gasteiger partial charge in [0.1, 0.15) is 6.17 Å². The van der Waals surface area contributed by atoms with Crippen LogP contribution < -0.4 is 0 Å². The summed E-state index contributed by atoms with van der Waals surface area (Å²) in [6, 6.07) is 0. The normalized spacial score (nSPS) is 31.5. The number of halogens is 1. The molecule has 11 heavy (non-hydrogen) atoms. The molecule has 4 heteroatoms. The zero-order chi connectivity index (χ0) is 8.27. The number of alkyl halides is 1. The lowest BCUT2D eigenvalue weighted by Crippen LogP contribution is -2.32. The topological polar surface area (TPSA) is 35.5 Å². The summed E-state index contributed by atoms with van der Waals surface area (Å²) in [5.74, 6) is -0.795. The van der Waals surface area contributed by atoms with E-state index in [-0.39, 0.29) is 25.6 Å². The van der Waals surface area contributed by atoms with E-state index in [1.807, 2.05) is 0 Å². The zero-order valence-corrected chi connectivity index (χ0v) is 6.38. The van der Waals surface area contributed by atoms with Gasteiger partial charge >= 0.3 is 5.97 Å². The molecule has 0 saturated carbocycles. The van der Waals surface area contributed by atoms with Crippen LogP contribution in [0.1, 0.15) is 6.42 Å². The van der Waals surface area contributed by atoms with Gasteiger partial charge in [0.05, 0.1) is 26.2 Å². The van der Waals surface area contributed by atoms with Crippen LogP contribution in [0, 0.1) is 5.92 Å². The number of methoxy groups -OCH3 is 1. The number of rotatable bonds is 1. The Labute approximate surface area is 64.5 Å². The maximum Gasteiger partial charge on any atom is 0.311 e. The first-order valence-electron chi connectivity index (χ1n) is 3.53. The van der Waals surface area contributed by atoms with Gasteiger partial charge < -0.3 is 9.47 Å². The molecule has 0 aromatic carbocycles. The Hall–Kier alpha value is -0.640. The number of hydrogen-bond acceptors (Lipinski definition) is 3. The molecule has 2 unspecified atom stereocenters. The maximum absolute atomic E-state index is 12.6. The van der Waals surface area contributed by atoms with E-state index in [0.717, 1.165) is 0 Å². The highest BCUT2D eigenvalue weighted by Crippen LogP contribution is 2.17. The van der Waals surface area contributed by atoms with Crippen LogP contribution in [0.2, 0.25) is 0 Å². The Balaban J connectivity index is 2.39. The lowest BCUT2D eigenvalue weighted by Gasteiger charge is -2.22. The van der Waals surface area contributed by atoms with Gasteiger partial charge in [-0.1, -0.05) is 0 Å². The largest absolute Gasteiger partial charge is 0.469 e. The van der Waals surface area contributed by atoms with Crippen LogP contribution in [0.3, 0.4) is 0 Å². The van der Waals surface area contributed by atoms with E-state index in [1.165, 1.54) is 7.11 Å². The molecule has 1 aliphatic heterocycles. The van der Waals surface area contributed by atoms with Crippen molar-refractivity contribution in [3.63, 3.8) is 0 Å². The van der Waals surface area contributed by atoms with Gasteiger partial charge in [-0.2, -0.15) is 0 Å². The highest BCUT2D eigenvalue weighted by Gasteiger charge is 2.28. The van der Waals surface area contributed by atoms with Gasteiger partial charge in [0.15, 0.2) is 0 Å². The van der Waals surface area contributed by atoms with Crippen LogP contribution in [0.15, 0.2) is 0 Å². The van der Waals surface area contributed by atoms with Crippen molar-refractivity contribution in [2.45, 2.75) is 12.6 Å². The van der Waals surface area contributed by atoms with Crippen molar-refractivity contribution in [3.05, 3.63) is 0 Å². The van der Waals surface area contributed by atoms with E-state index in [2.05, 4.69) is 4.74 Å². The molecule has 0 radical (unpaired) electrons. The van der Waals surface area contributed by atoms with Crippen LogP contribution >= 0.6 is 0 Å². The molecule has 3 nitrogen and oxygen atoms in total. The molecule has 1 fully saturated rings. The molecule has 2 atom stereocenters.